The number of benzene rings is 2. The minimum atomic E-state index is -0.365. The van der Waals surface area contributed by atoms with Crippen molar-refractivity contribution in [3.8, 4) is 5.69 Å². The Hall–Kier alpha value is -2.67. The second kappa shape index (κ2) is 8.56. The van der Waals surface area contributed by atoms with E-state index in [2.05, 4.69) is 15.5 Å². The maximum atomic E-state index is 13.1. The van der Waals surface area contributed by atoms with Gasteiger partial charge in [-0.1, -0.05) is 41.6 Å². The van der Waals surface area contributed by atoms with Crippen LogP contribution in [0.15, 0.2) is 53.7 Å². The van der Waals surface area contributed by atoms with Gasteiger partial charge in [-0.2, -0.15) is 0 Å². The smallest absolute Gasteiger partial charge is 0.233 e. The zero-order chi connectivity index (χ0) is 20.3. The van der Waals surface area contributed by atoms with E-state index in [9.17, 15) is 9.18 Å². The van der Waals surface area contributed by atoms with Crippen molar-refractivity contribution in [2.75, 3.05) is 0 Å². The van der Waals surface area contributed by atoms with Crippen LogP contribution in [0.4, 0.5) is 4.39 Å². The Morgan fingerprint density at radius 2 is 1.68 bits per heavy atom. The van der Waals surface area contributed by atoms with E-state index in [1.54, 1.807) is 12.1 Å². The van der Waals surface area contributed by atoms with Crippen molar-refractivity contribution in [2.45, 2.75) is 44.1 Å². The molecule has 1 aromatic heterocycles. The highest BCUT2D eigenvalue weighted by Crippen LogP contribution is 2.26. The molecule has 1 amide bonds. The summed E-state index contributed by atoms with van der Waals surface area (Å²) >= 11 is 1.36. The van der Waals surface area contributed by atoms with E-state index in [-0.39, 0.29) is 23.0 Å². The summed E-state index contributed by atoms with van der Waals surface area (Å²) in [5.74, 6) is 0.355. The molecule has 0 fully saturated rings. The van der Waals surface area contributed by atoms with Crippen molar-refractivity contribution >= 4 is 17.7 Å². The molecule has 0 aliphatic heterocycles. The molecule has 7 heteroatoms. The van der Waals surface area contributed by atoms with Gasteiger partial charge in [0.2, 0.25) is 5.91 Å². The van der Waals surface area contributed by atoms with Crippen molar-refractivity contribution in [2.24, 2.45) is 0 Å². The number of amides is 1. The van der Waals surface area contributed by atoms with Crippen molar-refractivity contribution in [1.82, 2.24) is 20.1 Å². The Balaban J connectivity index is 1.70. The molecular formula is C21H23FN4OS. The van der Waals surface area contributed by atoms with E-state index in [1.807, 2.05) is 56.5 Å². The number of hydrogen-bond donors (Lipinski definition) is 1. The number of carbonyl (C=O) groups is 1. The summed E-state index contributed by atoms with van der Waals surface area (Å²) in [6, 6.07) is 14.0. The molecule has 3 rings (SSSR count). The molecule has 0 aliphatic rings. The second-order valence-electron chi connectivity index (χ2n) is 6.74. The summed E-state index contributed by atoms with van der Waals surface area (Å²) in [4.78, 5) is 12.6. The summed E-state index contributed by atoms with van der Waals surface area (Å²) < 4.78 is 15.0. The highest BCUT2D eigenvalue weighted by Gasteiger charge is 2.21. The monoisotopic (exact) mass is 398 g/mol. The molecule has 5 nitrogen and oxygen atoms in total. The summed E-state index contributed by atoms with van der Waals surface area (Å²) in [6.07, 6.45) is 0. The quantitative estimate of drug-likeness (QED) is 0.626. The van der Waals surface area contributed by atoms with Crippen molar-refractivity contribution in [3.63, 3.8) is 0 Å². The van der Waals surface area contributed by atoms with E-state index >= 15 is 0 Å². The number of aryl methyl sites for hydroxylation is 2. The van der Waals surface area contributed by atoms with Crippen LogP contribution in [0.25, 0.3) is 5.69 Å². The zero-order valence-corrected chi connectivity index (χ0v) is 17.1. The number of nitrogens with zero attached hydrogens (tertiary/aromatic N) is 3. The highest BCUT2D eigenvalue weighted by atomic mass is 32.2. The van der Waals surface area contributed by atoms with Crippen LogP contribution in [0.1, 0.15) is 36.8 Å². The summed E-state index contributed by atoms with van der Waals surface area (Å²) in [6.45, 7) is 7.63. The summed E-state index contributed by atoms with van der Waals surface area (Å²) in [7, 11) is 0. The van der Waals surface area contributed by atoms with Crippen LogP contribution in [0, 0.1) is 19.7 Å². The van der Waals surface area contributed by atoms with E-state index in [1.165, 1.54) is 29.5 Å². The highest BCUT2D eigenvalue weighted by molar-refractivity contribution is 8.00. The molecule has 2 atom stereocenters. The molecule has 0 radical (unpaired) electrons. The van der Waals surface area contributed by atoms with E-state index in [0.717, 1.165) is 17.1 Å². The van der Waals surface area contributed by atoms with Gasteiger partial charge < -0.3 is 5.32 Å². The molecule has 0 spiro atoms. The van der Waals surface area contributed by atoms with Crippen molar-refractivity contribution in [1.29, 1.82) is 0 Å². The molecule has 0 unspecified atom stereocenters. The van der Waals surface area contributed by atoms with E-state index in [0.29, 0.717) is 5.16 Å². The second-order valence-corrected chi connectivity index (χ2v) is 8.05. The molecule has 3 aromatic rings. The minimum Gasteiger partial charge on any atom is -0.349 e. The van der Waals surface area contributed by atoms with Crippen LogP contribution < -0.4 is 5.32 Å². The number of rotatable bonds is 6. The normalized spacial score (nSPS) is 13.2. The fourth-order valence-corrected chi connectivity index (χ4v) is 3.71. The molecule has 0 bridgehead atoms. The maximum absolute atomic E-state index is 13.1. The first-order valence-corrected chi connectivity index (χ1v) is 9.94. The minimum absolute atomic E-state index is 0.113. The van der Waals surface area contributed by atoms with Crippen LogP contribution >= 0.6 is 11.8 Å². The van der Waals surface area contributed by atoms with Gasteiger partial charge in [-0.15, -0.1) is 10.2 Å². The predicted molar refractivity (Wildman–Crippen MR) is 109 cm³/mol. The third kappa shape index (κ3) is 4.59. The van der Waals surface area contributed by atoms with Gasteiger partial charge >= 0.3 is 0 Å². The summed E-state index contributed by atoms with van der Waals surface area (Å²) in [5, 5.41) is 11.7. The Morgan fingerprint density at radius 1 is 1.04 bits per heavy atom. The average molecular weight is 399 g/mol. The topological polar surface area (TPSA) is 59.8 Å². The first-order chi connectivity index (χ1) is 13.3. The van der Waals surface area contributed by atoms with Gasteiger partial charge in [0.25, 0.3) is 0 Å². The van der Waals surface area contributed by atoms with Crippen LogP contribution in [-0.4, -0.2) is 25.9 Å². The number of aromatic nitrogens is 3. The average Bonchev–Trinajstić information content (AvgIpc) is 3.03. The Kier molecular flexibility index (Phi) is 6.14. The lowest BCUT2D eigenvalue weighted by molar-refractivity contribution is -0.120. The molecule has 1 heterocycles. The van der Waals surface area contributed by atoms with Crippen LogP contribution in [0.2, 0.25) is 0 Å². The Morgan fingerprint density at radius 3 is 2.32 bits per heavy atom. The van der Waals surface area contributed by atoms with Gasteiger partial charge in [0.1, 0.15) is 11.6 Å². The zero-order valence-electron chi connectivity index (χ0n) is 16.3. The van der Waals surface area contributed by atoms with Gasteiger partial charge in [0, 0.05) is 5.69 Å². The molecule has 0 aliphatic carbocycles. The molecule has 0 saturated heterocycles. The predicted octanol–water partition coefficient (Wildman–Crippen LogP) is 4.38. The van der Waals surface area contributed by atoms with Gasteiger partial charge in [-0.25, -0.2) is 4.39 Å². The SMILES string of the molecule is Cc1ccc(-n2c(C)nnc2S[C@H](C)C(=O)N[C@H](C)c2ccc(F)cc2)cc1. The third-order valence-electron chi connectivity index (χ3n) is 4.47. The van der Waals surface area contributed by atoms with Gasteiger partial charge in [0.15, 0.2) is 5.16 Å². The Bertz CT molecular complexity index is 954. The fourth-order valence-electron chi connectivity index (χ4n) is 2.79. The number of nitrogens with one attached hydrogen (secondary N) is 1. The van der Waals surface area contributed by atoms with Crippen LogP contribution in [0.5, 0.6) is 0 Å². The van der Waals surface area contributed by atoms with Crippen LogP contribution in [-0.2, 0) is 4.79 Å². The number of thioether (sulfide) groups is 1. The van der Waals surface area contributed by atoms with E-state index < -0.39 is 0 Å². The lowest BCUT2D eigenvalue weighted by Crippen LogP contribution is -2.33. The number of halogens is 1. The first kappa shape index (κ1) is 20.1. The third-order valence-corrected chi connectivity index (χ3v) is 5.51. The first-order valence-electron chi connectivity index (χ1n) is 9.06. The standard InChI is InChI=1S/C21H23FN4OS/c1-13-5-11-19(12-6-13)26-16(4)24-25-21(26)28-15(3)20(27)23-14(2)17-7-9-18(22)10-8-17/h5-12,14-15H,1-4H3,(H,23,27)/t14-,15-/m1/s1. The van der Waals surface area contributed by atoms with Crippen LogP contribution in [0.3, 0.4) is 0 Å². The van der Waals surface area contributed by atoms with Crippen molar-refractivity contribution < 1.29 is 9.18 Å². The maximum Gasteiger partial charge on any atom is 0.233 e. The van der Waals surface area contributed by atoms with E-state index in [4.69, 9.17) is 0 Å². The van der Waals surface area contributed by atoms with Gasteiger partial charge in [-0.05, 0) is 57.5 Å². The Labute approximate surface area is 168 Å². The number of hydrogen-bond acceptors (Lipinski definition) is 4. The lowest BCUT2D eigenvalue weighted by atomic mass is 10.1. The fraction of sp³-hybridized carbons (Fsp3) is 0.286. The molecule has 146 valence electrons. The molecular weight excluding hydrogens is 375 g/mol. The molecule has 1 N–H and O–H groups in total. The lowest BCUT2D eigenvalue weighted by Gasteiger charge is -2.18. The van der Waals surface area contributed by atoms with Crippen molar-refractivity contribution in [3.05, 3.63) is 71.3 Å². The largest absolute Gasteiger partial charge is 0.349 e. The molecule has 2 aromatic carbocycles. The molecule has 28 heavy (non-hydrogen) atoms. The van der Waals surface area contributed by atoms with Gasteiger partial charge in [-0.3, -0.25) is 9.36 Å². The summed E-state index contributed by atoms with van der Waals surface area (Å²) in [5.41, 5.74) is 2.99. The molecule has 0 saturated carbocycles. The van der Waals surface area contributed by atoms with Gasteiger partial charge in [0.05, 0.1) is 11.3 Å². The number of carbonyl (C=O) groups excluding carboxylic acids is 1.